The first-order valence-electron chi connectivity index (χ1n) is 6.52. The molecule has 0 saturated carbocycles. The van der Waals surface area contributed by atoms with Gasteiger partial charge in [0, 0.05) is 0 Å². The molecule has 1 fully saturated rings. The lowest BCUT2D eigenvalue weighted by Crippen LogP contribution is -2.26. The van der Waals surface area contributed by atoms with Crippen molar-refractivity contribution in [2.24, 2.45) is 0 Å². The van der Waals surface area contributed by atoms with Gasteiger partial charge in [0.2, 0.25) is 0 Å². The van der Waals surface area contributed by atoms with E-state index in [2.05, 4.69) is 0 Å². The number of halogens is 2. The summed E-state index contributed by atoms with van der Waals surface area (Å²) >= 11 is 12.0. The van der Waals surface area contributed by atoms with Crippen molar-refractivity contribution in [2.75, 3.05) is 7.11 Å². The average Bonchev–Trinajstić information content (AvgIpc) is 2.82. The molecule has 1 saturated heterocycles. The third kappa shape index (κ3) is 2.34. The highest BCUT2D eigenvalue weighted by molar-refractivity contribution is 6.42. The minimum Gasteiger partial charge on any atom is -0.466 e. The molecular formula is C15H14Cl2O3. The Balaban J connectivity index is 2.10. The Kier molecular flexibility index (Phi) is 3.76. The quantitative estimate of drug-likeness (QED) is 0.778. The minimum atomic E-state index is -0.323. The van der Waals surface area contributed by atoms with Crippen molar-refractivity contribution in [1.82, 2.24) is 0 Å². The fourth-order valence-corrected chi connectivity index (χ4v) is 3.22. The van der Waals surface area contributed by atoms with Gasteiger partial charge in [-0.2, -0.15) is 0 Å². The van der Waals surface area contributed by atoms with E-state index in [4.69, 9.17) is 32.7 Å². The van der Waals surface area contributed by atoms with Crippen LogP contribution >= 0.6 is 23.2 Å². The molecule has 106 valence electrons. The molecule has 0 radical (unpaired) electrons. The zero-order chi connectivity index (χ0) is 14.3. The van der Waals surface area contributed by atoms with Crippen molar-refractivity contribution >= 4 is 34.7 Å². The number of methoxy groups -OCH3 is 1. The van der Waals surface area contributed by atoms with Crippen LogP contribution in [0.2, 0.25) is 10.0 Å². The Hall–Kier alpha value is -1.03. The zero-order valence-electron chi connectivity index (χ0n) is 11.0. The maximum Gasteiger partial charge on any atom is 0.336 e. The van der Waals surface area contributed by atoms with E-state index in [-0.39, 0.29) is 18.2 Å². The minimum absolute atomic E-state index is 0.161. The average molecular weight is 313 g/mol. The maximum absolute atomic E-state index is 12.1. The normalized spacial score (nSPS) is 24.9. The molecule has 0 amide bonds. The predicted octanol–water partition coefficient (Wildman–Crippen LogP) is 3.87. The topological polar surface area (TPSA) is 35.5 Å². The van der Waals surface area contributed by atoms with Crippen LogP contribution < -0.4 is 0 Å². The van der Waals surface area contributed by atoms with Crippen molar-refractivity contribution in [2.45, 2.75) is 31.5 Å². The second-order valence-corrected chi connectivity index (χ2v) is 5.86. The third-order valence-corrected chi connectivity index (χ3v) is 4.60. The Morgan fingerprint density at radius 2 is 2.10 bits per heavy atom. The highest BCUT2D eigenvalue weighted by Gasteiger charge is 2.39. The monoisotopic (exact) mass is 312 g/mol. The van der Waals surface area contributed by atoms with Crippen LogP contribution in [0.15, 0.2) is 23.8 Å². The summed E-state index contributed by atoms with van der Waals surface area (Å²) in [7, 11) is 1.39. The van der Waals surface area contributed by atoms with E-state index in [1.807, 2.05) is 6.07 Å². The molecule has 2 atom stereocenters. The van der Waals surface area contributed by atoms with E-state index in [1.54, 1.807) is 12.1 Å². The largest absolute Gasteiger partial charge is 0.466 e. The van der Waals surface area contributed by atoms with Gasteiger partial charge < -0.3 is 9.47 Å². The highest BCUT2D eigenvalue weighted by atomic mass is 35.5. The lowest BCUT2D eigenvalue weighted by atomic mass is 9.92. The number of carbonyl (C=O) groups is 1. The van der Waals surface area contributed by atoms with E-state index in [0.29, 0.717) is 22.0 Å². The van der Waals surface area contributed by atoms with Gasteiger partial charge in [-0.1, -0.05) is 29.3 Å². The van der Waals surface area contributed by atoms with Gasteiger partial charge in [0.05, 0.1) is 34.9 Å². The van der Waals surface area contributed by atoms with Gasteiger partial charge in [0.25, 0.3) is 0 Å². The summed E-state index contributed by atoms with van der Waals surface area (Å²) in [4.78, 5) is 12.1. The van der Waals surface area contributed by atoms with Crippen LogP contribution in [-0.4, -0.2) is 25.3 Å². The van der Waals surface area contributed by atoms with Crippen LogP contribution in [0.1, 0.15) is 24.8 Å². The van der Waals surface area contributed by atoms with E-state index in [9.17, 15) is 4.79 Å². The van der Waals surface area contributed by atoms with Crippen LogP contribution in [0, 0.1) is 0 Å². The second kappa shape index (κ2) is 5.40. The first kappa shape index (κ1) is 13.9. The standard InChI is InChI=1S/C15H14Cl2O3/c1-19-15(18)14-10(7-9-3-5-13(14)20-9)8-2-4-11(16)12(17)6-8/h2,4,6,9,13H,3,5,7H2,1H3/t9-,13+/m0/s1. The van der Waals surface area contributed by atoms with Gasteiger partial charge in [-0.05, 0) is 42.5 Å². The van der Waals surface area contributed by atoms with Gasteiger partial charge in [-0.3, -0.25) is 0 Å². The summed E-state index contributed by atoms with van der Waals surface area (Å²) in [5.74, 6) is -0.323. The molecule has 0 aliphatic carbocycles. The van der Waals surface area contributed by atoms with E-state index < -0.39 is 0 Å². The lowest BCUT2D eigenvalue weighted by molar-refractivity contribution is -0.137. The molecule has 20 heavy (non-hydrogen) atoms. The molecule has 0 unspecified atom stereocenters. The summed E-state index contributed by atoms with van der Waals surface area (Å²) in [6.07, 6.45) is 2.55. The fraction of sp³-hybridized carbons (Fsp3) is 0.400. The Morgan fingerprint density at radius 3 is 2.80 bits per heavy atom. The molecule has 1 aromatic rings. The number of esters is 1. The van der Waals surface area contributed by atoms with Crippen molar-refractivity contribution < 1.29 is 14.3 Å². The molecule has 2 bridgehead atoms. The SMILES string of the molecule is COC(=O)C1=C(c2ccc(Cl)c(Cl)c2)C[C@@H]2CC[C@H]1O2. The molecule has 2 heterocycles. The summed E-state index contributed by atoms with van der Waals surface area (Å²) in [6.45, 7) is 0. The first-order chi connectivity index (χ1) is 9.60. The zero-order valence-corrected chi connectivity index (χ0v) is 12.5. The second-order valence-electron chi connectivity index (χ2n) is 5.04. The number of fused-ring (bicyclic) bond motifs is 2. The van der Waals surface area contributed by atoms with E-state index >= 15 is 0 Å². The Bertz CT molecular complexity index is 595. The van der Waals surface area contributed by atoms with Crippen molar-refractivity contribution in [1.29, 1.82) is 0 Å². The molecule has 1 aromatic carbocycles. The van der Waals surface area contributed by atoms with Crippen molar-refractivity contribution in [3.63, 3.8) is 0 Å². The summed E-state index contributed by atoms with van der Waals surface area (Å²) in [5.41, 5.74) is 2.51. The fourth-order valence-electron chi connectivity index (χ4n) is 2.92. The molecule has 3 rings (SSSR count). The van der Waals surface area contributed by atoms with Gasteiger partial charge >= 0.3 is 5.97 Å². The number of rotatable bonds is 2. The number of benzene rings is 1. The van der Waals surface area contributed by atoms with Crippen LogP contribution in [0.3, 0.4) is 0 Å². The van der Waals surface area contributed by atoms with Crippen LogP contribution in [0.25, 0.3) is 5.57 Å². The number of hydrogen-bond donors (Lipinski definition) is 0. The van der Waals surface area contributed by atoms with Crippen LogP contribution in [-0.2, 0) is 14.3 Å². The van der Waals surface area contributed by atoms with Gasteiger partial charge in [-0.25, -0.2) is 4.79 Å². The Labute approximate surface area is 127 Å². The van der Waals surface area contributed by atoms with Crippen LogP contribution in [0.5, 0.6) is 0 Å². The molecule has 3 nitrogen and oxygen atoms in total. The summed E-state index contributed by atoms with van der Waals surface area (Å²) in [5, 5.41) is 0.991. The van der Waals surface area contributed by atoms with Crippen LogP contribution in [0.4, 0.5) is 0 Å². The smallest absolute Gasteiger partial charge is 0.336 e. The van der Waals surface area contributed by atoms with Gasteiger partial charge in [0.1, 0.15) is 0 Å². The predicted molar refractivity (Wildman–Crippen MR) is 77.9 cm³/mol. The van der Waals surface area contributed by atoms with E-state index in [0.717, 1.165) is 24.0 Å². The van der Waals surface area contributed by atoms with Crippen molar-refractivity contribution in [3.8, 4) is 0 Å². The summed E-state index contributed by atoms with van der Waals surface area (Å²) < 4.78 is 10.7. The van der Waals surface area contributed by atoms with Crippen molar-refractivity contribution in [3.05, 3.63) is 39.4 Å². The number of hydrogen-bond acceptors (Lipinski definition) is 3. The Morgan fingerprint density at radius 1 is 1.30 bits per heavy atom. The van der Waals surface area contributed by atoms with Gasteiger partial charge in [0.15, 0.2) is 0 Å². The first-order valence-corrected chi connectivity index (χ1v) is 7.28. The molecule has 2 aliphatic rings. The maximum atomic E-state index is 12.1. The number of carbonyl (C=O) groups excluding carboxylic acids is 1. The highest BCUT2D eigenvalue weighted by Crippen LogP contribution is 2.42. The molecular weight excluding hydrogens is 299 g/mol. The van der Waals surface area contributed by atoms with E-state index in [1.165, 1.54) is 7.11 Å². The van der Waals surface area contributed by atoms with Gasteiger partial charge in [-0.15, -0.1) is 0 Å². The summed E-state index contributed by atoms with van der Waals surface area (Å²) in [6, 6.07) is 5.43. The molecule has 2 aliphatic heterocycles. The third-order valence-electron chi connectivity index (χ3n) is 3.86. The number of ether oxygens (including phenoxy) is 2. The molecule has 0 aromatic heterocycles. The molecule has 0 spiro atoms. The molecule has 0 N–H and O–H groups in total. The molecule has 5 heteroatoms. The lowest BCUT2D eigenvalue weighted by Gasteiger charge is -2.26.